The van der Waals surface area contributed by atoms with Crippen LogP contribution in [0.25, 0.3) is 16.7 Å². The van der Waals surface area contributed by atoms with Crippen LogP contribution in [0.3, 0.4) is 0 Å². The molecule has 2 N–H and O–H groups in total. The summed E-state index contributed by atoms with van der Waals surface area (Å²) in [6, 6.07) is 17.2. The standard InChI is InChI=1S/C22H21BrN6O/c1-22(2,3)28-13-17-18(19(24)30)27-29(16-7-5-4-6-8-16)20(17)26-21(28)25-15-11-9-14(23)10-12-15/h4-13H,1-3H3,(H2,24,30). The molecule has 8 heteroatoms. The largest absolute Gasteiger partial charge is 0.364 e. The molecule has 0 bridgehead atoms. The Morgan fingerprint density at radius 2 is 1.73 bits per heavy atom. The second kappa shape index (κ2) is 7.53. The third-order valence-electron chi connectivity index (χ3n) is 4.59. The third-order valence-corrected chi connectivity index (χ3v) is 5.12. The molecule has 0 saturated heterocycles. The molecule has 30 heavy (non-hydrogen) atoms. The zero-order valence-corrected chi connectivity index (χ0v) is 18.5. The fraction of sp³-hybridized carbons (Fsp3) is 0.182. The molecule has 152 valence electrons. The molecule has 0 aliphatic rings. The van der Waals surface area contributed by atoms with Crippen molar-refractivity contribution in [3.8, 4) is 5.69 Å². The number of benzene rings is 2. The van der Waals surface area contributed by atoms with Crippen LogP contribution in [-0.2, 0) is 5.54 Å². The molecule has 0 atom stereocenters. The molecule has 0 saturated carbocycles. The Kier molecular flexibility index (Phi) is 5.03. The van der Waals surface area contributed by atoms with Crippen molar-refractivity contribution >= 4 is 38.6 Å². The van der Waals surface area contributed by atoms with Gasteiger partial charge in [0.15, 0.2) is 11.3 Å². The van der Waals surface area contributed by atoms with Gasteiger partial charge in [0.2, 0.25) is 5.62 Å². The van der Waals surface area contributed by atoms with Crippen molar-refractivity contribution < 1.29 is 4.79 Å². The Hall–Kier alpha value is -3.26. The minimum absolute atomic E-state index is 0.176. The fourth-order valence-corrected chi connectivity index (χ4v) is 3.38. The Morgan fingerprint density at radius 1 is 1.07 bits per heavy atom. The highest BCUT2D eigenvalue weighted by molar-refractivity contribution is 9.10. The highest BCUT2D eigenvalue weighted by Crippen LogP contribution is 2.22. The van der Waals surface area contributed by atoms with Gasteiger partial charge in [-0.05, 0) is 57.2 Å². The van der Waals surface area contributed by atoms with Gasteiger partial charge in [-0.2, -0.15) is 10.1 Å². The number of aromatic nitrogens is 4. The van der Waals surface area contributed by atoms with Gasteiger partial charge in [-0.3, -0.25) is 4.79 Å². The first-order valence-electron chi connectivity index (χ1n) is 9.42. The molecule has 2 aromatic carbocycles. The molecular formula is C22H21BrN6O. The Labute approximate surface area is 182 Å². The van der Waals surface area contributed by atoms with E-state index < -0.39 is 5.91 Å². The fourth-order valence-electron chi connectivity index (χ4n) is 3.12. The number of fused-ring (bicyclic) bond motifs is 1. The predicted molar refractivity (Wildman–Crippen MR) is 120 cm³/mol. The van der Waals surface area contributed by atoms with Gasteiger partial charge < -0.3 is 10.3 Å². The Morgan fingerprint density at radius 3 is 2.33 bits per heavy atom. The van der Waals surface area contributed by atoms with E-state index in [1.165, 1.54) is 0 Å². The molecule has 4 aromatic rings. The van der Waals surface area contributed by atoms with E-state index in [0.29, 0.717) is 16.7 Å². The van der Waals surface area contributed by atoms with Crippen molar-refractivity contribution in [3.63, 3.8) is 0 Å². The summed E-state index contributed by atoms with van der Waals surface area (Å²) in [6.45, 7) is 6.14. The summed E-state index contributed by atoms with van der Waals surface area (Å²) >= 11 is 3.44. The number of primary amides is 1. The minimum atomic E-state index is -0.602. The molecule has 7 nitrogen and oxygen atoms in total. The van der Waals surface area contributed by atoms with Gasteiger partial charge in [0.1, 0.15) is 0 Å². The zero-order valence-electron chi connectivity index (χ0n) is 16.9. The number of rotatable bonds is 3. The van der Waals surface area contributed by atoms with Gasteiger partial charge in [-0.25, -0.2) is 9.67 Å². The number of carbonyl (C=O) groups excluding carboxylic acids is 1. The molecule has 0 radical (unpaired) electrons. The number of halogens is 1. The van der Waals surface area contributed by atoms with E-state index in [0.717, 1.165) is 15.8 Å². The first-order chi connectivity index (χ1) is 14.2. The van der Waals surface area contributed by atoms with Crippen LogP contribution in [0.2, 0.25) is 0 Å². The molecule has 0 aliphatic carbocycles. The summed E-state index contributed by atoms with van der Waals surface area (Å²) in [7, 11) is 0. The van der Waals surface area contributed by atoms with Crippen molar-refractivity contribution in [3.05, 3.63) is 76.6 Å². The van der Waals surface area contributed by atoms with Crippen LogP contribution in [0, 0.1) is 0 Å². The van der Waals surface area contributed by atoms with Gasteiger partial charge in [0.25, 0.3) is 5.91 Å². The number of hydrogen-bond donors (Lipinski definition) is 1. The summed E-state index contributed by atoms with van der Waals surface area (Å²) in [5, 5.41) is 5.04. The minimum Gasteiger partial charge on any atom is -0.364 e. The molecule has 2 aromatic heterocycles. The number of para-hydroxylation sites is 1. The van der Waals surface area contributed by atoms with Crippen LogP contribution in [0.15, 0.2) is 70.3 Å². The van der Waals surface area contributed by atoms with Gasteiger partial charge in [0, 0.05) is 16.2 Å². The van der Waals surface area contributed by atoms with Crippen LogP contribution in [0.5, 0.6) is 0 Å². The van der Waals surface area contributed by atoms with Gasteiger partial charge >= 0.3 is 0 Å². The van der Waals surface area contributed by atoms with Gasteiger partial charge in [-0.1, -0.05) is 34.1 Å². The van der Waals surface area contributed by atoms with E-state index >= 15 is 0 Å². The number of nitrogens with two attached hydrogens (primary N) is 1. The summed E-state index contributed by atoms with van der Waals surface area (Å²) in [5.41, 5.74) is 8.04. The van der Waals surface area contributed by atoms with Crippen LogP contribution >= 0.6 is 15.9 Å². The maximum Gasteiger partial charge on any atom is 0.269 e. The van der Waals surface area contributed by atoms with Crippen LogP contribution in [0.4, 0.5) is 5.69 Å². The molecule has 0 fully saturated rings. The molecule has 2 heterocycles. The van der Waals surface area contributed by atoms with E-state index in [1.807, 2.05) is 86.1 Å². The van der Waals surface area contributed by atoms with Crippen LogP contribution < -0.4 is 11.4 Å². The van der Waals surface area contributed by atoms with Crippen molar-refractivity contribution in [1.82, 2.24) is 19.3 Å². The average molecular weight is 465 g/mol. The molecule has 0 spiro atoms. The summed E-state index contributed by atoms with van der Waals surface area (Å²) in [4.78, 5) is 21.7. The average Bonchev–Trinajstić information content (AvgIpc) is 3.08. The first kappa shape index (κ1) is 20.0. The summed E-state index contributed by atoms with van der Waals surface area (Å²) < 4.78 is 4.53. The number of carbonyl (C=O) groups is 1. The predicted octanol–water partition coefficient (Wildman–Crippen LogP) is 4.07. The van der Waals surface area contributed by atoms with E-state index in [9.17, 15) is 4.79 Å². The zero-order chi connectivity index (χ0) is 21.5. The lowest BCUT2D eigenvalue weighted by Gasteiger charge is -2.23. The molecule has 1 amide bonds. The number of nitrogens with zero attached hydrogens (tertiary/aromatic N) is 5. The molecule has 4 rings (SSSR count). The monoisotopic (exact) mass is 464 g/mol. The quantitative estimate of drug-likeness (QED) is 0.495. The van der Waals surface area contributed by atoms with E-state index in [1.54, 1.807) is 4.68 Å². The second-order valence-corrected chi connectivity index (χ2v) is 8.78. The topological polar surface area (TPSA) is 91.1 Å². The third kappa shape index (κ3) is 3.78. The van der Waals surface area contributed by atoms with Gasteiger partial charge in [-0.15, -0.1) is 0 Å². The first-order valence-corrected chi connectivity index (χ1v) is 10.2. The smallest absolute Gasteiger partial charge is 0.269 e. The molecular weight excluding hydrogens is 444 g/mol. The maximum atomic E-state index is 12.1. The lowest BCUT2D eigenvalue weighted by molar-refractivity contribution is 0.0996. The van der Waals surface area contributed by atoms with E-state index in [-0.39, 0.29) is 11.2 Å². The van der Waals surface area contributed by atoms with Crippen molar-refractivity contribution in [2.75, 3.05) is 0 Å². The van der Waals surface area contributed by atoms with E-state index in [4.69, 9.17) is 15.7 Å². The SMILES string of the molecule is CC(C)(C)n1cc2c(C(N)=O)nn(-c3ccccc3)c2nc1=Nc1ccc(Br)cc1. The van der Waals surface area contributed by atoms with Crippen molar-refractivity contribution in [2.45, 2.75) is 26.3 Å². The number of hydrogen-bond acceptors (Lipinski definition) is 4. The van der Waals surface area contributed by atoms with Crippen LogP contribution in [0.1, 0.15) is 31.3 Å². The highest BCUT2D eigenvalue weighted by Gasteiger charge is 2.22. The van der Waals surface area contributed by atoms with Crippen molar-refractivity contribution in [2.24, 2.45) is 10.7 Å². The Bertz CT molecular complexity index is 1300. The second-order valence-electron chi connectivity index (χ2n) is 7.87. The van der Waals surface area contributed by atoms with Crippen molar-refractivity contribution in [1.29, 1.82) is 0 Å². The molecule has 0 aliphatic heterocycles. The van der Waals surface area contributed by atoms with Gasteiger partial charge in [0.05, 0.1) is 16.8 Å². The lowest BCUT2D eigenvalue weighted by atomic mass is 10.1. The number of amides is 1. The van der Waals surface area contributed by atoms with E-state index in [2.05, 4.69) is 21.0 Å². The maximum absolute atomic E-state index is 12.1. The Balaban J connectivity index is 2.08. The summed E-state index contributed by atoms with van der Waals surface area (Å²) in [5.74, 6) is -0.602. The van der Waals surface area contributed by atoms with Crippen LogP contribution in [-0.4, -0.2) is 25.2 Å². The normalized spacial score (nSPS) is 12.5. The molecule has 0 unspecified atom stereocenters. The summed E-state index contributed by atoms with van der Waals surface area (Å²) in [6.07, 6.45) is 1.85. The lowest BCUT2D eigenvalue weighted by Crippen LogP contribution is -2.36. The highest BCUT2D eigenvalue weighted by atomic mass is 79.9.